The summed E-state index contributed by atoms with van der Waals surface area (Å²) in [6, 6.07) is 1.22. The van der Waals surface area contributed by atoms with Crippen molar-refractivity contribution in [1.82, 2.24) is 5.32 Å². The molecule has 0 aromatic carbocycles. The van der Waals surface area contributed by atoms with Crippen molar-refractivity contribution in [2.75, 3.05) is 6.54 Å². The first-order valence-corrected chi connectivity index (χ1v) is 4.56. The fraction of sp³-hybridized carbons (Fsp3) is 0.800. The topological polar surface area (TPSA) is 218 Å². The molecule has 0 amide bonds. The Labute approximate surface area is 108 Å². The van der Waals surface area contributed by atoms with Gasteiger partial charge in [0.1, 0.15) is 6.07 Å². The van der Waals surface area contributed by atoms with Gasteiger partial charge in [-0.05, 0) is 0 Å². The predicted molar refractivity (Wildman–Crippen MR) is 53.8 cm³/mol. The van der Waals surface area contributed by atoms with Crippen molar-refractivity contribution in [2.24, 2.45) is 0 Å². The van der Waals surface area contributed by atoms with E-state index in [0.29, 0.717) is 0 Å². The lowest BCUT2D eigenvalue weighted by molar-refractivity contribution is -0.970. The number of rotatable bonds is 9. The molecule has 15 heteroatoms. The highest BCUT2D eigenvalue weighted by Crippen LogP contribution is 2.16. The Morgan fingerprint density at radius 1 is 1.10 bits per heavy atom. The van der Waals surface area contributed by atoms with Crippen LogP contribution < -0.4 is 5.32 Å². The van der Waals surface area contributed by atoms with Crippen LogP contribution in [-0.4, -0.2) is 38.4 Å². The molecule has 0 radical (unpaired) electrons. The van der Waals surface area contributed by atoms with E-state index in [-0.39, 0.29) is 0 Å². The maximum absolute atomic E-state index is 10.5. The maximum Gasteiger partial charge on any atom is 0.701 e. The van der Waals surface area contributed by atoms with Gasteiger partial charge in [0.05, 0.1) is 0 Å². The molecule has 1 N–H and O–H groups in total. The van der Waals surface area contributed by atoms with E-state index < -0.39 is 44.8 Å². The summed E-state index contributed by atoms with van der Waals surface area (Å²) in [4.78, 5) is 40.1. The van der Waals surface area contributed by atoms with Crippen molar-refractivity contribution in [3.63, 3.8) is 0 Å². The second-order valence-corrected chi connectivity index (χ2v) is 3.09. The van der Waals surface area contributed by atoms with Gasteiger partial charge < -0.3 is 0 Å². The van der Waals surface area contributed by atoms with Crippen molar-refractivity contribution in [2.45, 2.75) is 18.4 Å². The molecule has 0 bridgehead atoms. The van der Waals surface area contributed by atoms with E-state index in [0.717, 1.165) is 0 Å². The summed E-state index contributed by atoms with van der Waals surface area (Å²) in [6.45, 7) is -0.811. The third kappa shape index (κ3) is 3.67. The van der Waals surface area contributed by atoms with Gasteiger partial charge in [0.25, 0.3) is 5.09 Å². The zero-order chi connectivity index (χ0) is 15.9. The fourth-order valence-corrected chi connectivity index (χ4v) is 1.04. The van der Waals surface area contributed by atoms with Crippen LogP contribution in [0.1, 0.15) is 6.42 Å². The summed E-state index contributed by atoms with van der Waals surface area (Å²) >= 11 is 0. The van der Waals surface area contributed by atoms with Gasteiger partial charge in [-0.25, -0.2) is 0 Å². The highest BCUT2D eigenvalue weighted by Gasteiger charge is 2.69. The van der Waals surface area contributed by atoms with Crippen molar-refractivity contribution >= 4 is 0 Å². The normalized spacial score (nSPS) is 11.9. The molecule has 0 saturated heterocycles. The summed E-state index contributed by atoms with van der Waals surface area (Å²) < 4.78 is 0. The first-order chi connectivity index (χ1) is 9.18. The van der Waals surface area contributed by atoms with E-state index in [1.807, 2.05) is 5.32 Å². The quantitative estimate of drug-likeness (QED) is 0.293. The van der Waals surface area contributed by atoms with Crippen LogP contribution in [0.3, 0.4) is 0 Å². The lowest BCUT2D eigenvalue weighted by Gasteiger charge is -2.11. The molecule has 110 valence electrons. The highest BCUT2D eigenvalue weighted by molar-refractivity contribution is 4.80. The van der Waals surface area contributed by atoms with Gasteiger partial charge in [0.15, 0.2) is 21.2 Å². The Kier molecular flexibility index (Phi) is 5.64. The molecular weight excluding hydrogens is 288 g/mol. The molecule has 0 aromatic rings. The minimum atomic E-state index is -3.71. The van der Waals surface area contributed by atoms with E-state index in [1.54, 1.807) is 0 Å². The molecule has 0 heterocycles. The zero-order valence-electron chi connectivity index (χ0n) is 9.40. The number of nitriles is 1. The lowest BCUT2D eigenvalue weighted by atomic mass is 10.2. The average molecular weight is 294 g/mol. The van der Waals surface area contributed by atoms with Gasteiger partial charge in [-0.3, -0.25) is 40.5 Å². The van der Waals surface area contributed by atoms with Crippen LogP contribution in [0.5, 0.6) is 0 Å². The fourth-order valence-electron chi connectivity index (χ4n) is 1.04. The van der Waals surface area contributed by atoms with Gasteiger partial charge in [-0.1, -0.05) is 0 Å². The second kappa shape index (κ2) is 6.69. The molecule has 1 unspecified atom stereocenters. The van der Waals surface area contributed by atoms with Crippen LogP contribution in [0.4, 0.5) is 0 Å². The minimum Gasteiger partial charge on any atom is -0.279 e. The molecule has 0 fully saturated rings. The van der Waals surface area contributed by atoms with Crippen molar-refractivity contribution in [3.8, 4) is 6.07 Å². The lowest BCUT2D eigenvalue weighted by Crippen LogP contribution is -2.55. The van der Waals surface area contributed by atoms with Crippen LogP contribution in [0.15, 0.2) is 0 Å². The summed E-state index contributed by atoms with van der Waals surface area (Å²) in [5.41, 5.74) is 0. The first kappa shape index (κ1) is 16.8. The monoisotopic (exact) mass is 294 g/mol. The van der Waals surface area contributed by atoms with Crippen molar-refractivity contribution in [3.05, 3.63) is 40.5 Å². The average Bonchev–Trinajstić information content (AvgIpc) is 2.30. The third-order valence-electron chi connectivity index (χ3n) is 1.98. The molecule has 1 atom stereocenters. The SMILES string of the molecule is N#CC(NCCC([N+](=O)[O-])([N+](=O)[O-])[N+](=O)[O-])O[N+](=O)[O-]. The van der Waals surface area contributed by atoms with E-state index >= 15 is 0 Å². The van der Waals surface area contributed by atoms with E-state index in [1.165, 1.54) is 6.07 Å². The van der Waals surface area contributed by atoms with Crippen LogP contribution in [0.25, 0.3) is 0 Å². The minimum absolute atomic E-state index is 0.811. The number of nitrogens with one attached hydrogen (secondary N) is 1. The van der Waals surface area contributed by atoms with E-state index in [2.05, 4.69) is 4.84 Å². The van der Waals surface area contributed by atoms with Crippen molar-refractivity contribution < 1.29 is 24.7 Å². The van der Waals surface area contributed by atoms with E-state index in [9.17, 15) is 40.5 Å². The Morgan fingerprint density at radius 3 is 1.85 bits per heavy atom. The number of nitrogens with zero attached hydrogens (tertiary/aromatic N) is 5. The van der Waals surface area contributed by atoms with Gasteiger partial charge >= 0.3 is 5.79 Å². The Bertz CT molecular complexity index is 434. The molecule has 15 nitrogen and oxygen atoms in total. The molecular formula is C5H6N6O9. The molecule has 0 aliphatic heterocycles. The molecule has 0 aliphatic rings. The third-order valence-corrected chi connectivity index (χ3v) is 1.98. The molecule has 0 aliphatic carbocycles. The smallest absolute Gasteiger partial charge is 0.279 e. The van der Waals surface area contributed by atoms with Crippen LogP contribution >= 0.6 is 0 Å². The molecule has 0 spiro atoms. The number of hydrogen-bond acceptors (Lipinski definition) is 11. The second-order valence-electron chi connectivity index (χ2n) is 3.09. The standard InChI is InChI=1S/C5H6N6O9/c6-3-4(20-11(18)19)7-2-1-5(8(12)13,9(14)15)10(16)17/h4,7H,1-2H2. The molecule has 0 aromatic heterocycles. The predicted octanol–water partition coefficient (Wildman–Crippen LogP) is -1.49. The Balaban J connectivity index is 4.85. The Hall–Kier alpha value is -3.15. The summed E-state index contributed by atoms with van der Waals surface area (Å²) in [5, 5.41) is 50.4. The maximum atomic E-state index is 10.5. The number of hydrogen-bond donors (Lipinski definition) is 1. The van der Waals surface area contributed by atoms with Gasteiger partial charge in [-0.15, -0.1) is 10.1 Å². The summed E-state index contributed by atoms with van der Waals surface area (Å²) in [7, 11) is 0. The van der Waals surface area contributed by atoms with E-state index in [4.69, 9.17) is 5.26 Å². The number of nitro groups is 3. The van der Waals surface area contributed by atoms with Gasteiger partial charge in [0, 0.05) is 6.54 Å². The van der Waals surface area contributed by atoms with Gasteiger partial charge in [0.2, 0.25) is 6.23 Å². The van der Waals surface area contributed by atoms with Gasteiger partial charge in [-0.2, -0.15) is 5.26 Å². The largest absolute Gasteiger partial charge is 0.701 e. The molecule has 0 rings (SSSR count). The van der Waals surface area contributed by atoms with Crippen LogP contribution in [0.2, 0.25) is 0 Å². The Morgan fingerprint density at radius 2 is 1.55 bits per heavy atom. The summed E-state index contributed by atoms with van der Waals surface area (Å²) in [5.74, 6) is -3.71. The first-order valence-electron chi connectivity index (χ1n) is 4.56. The summed E-state index contributed by atoms with van der Waals surface area (Å²) in [6.07, 6.45) is -3.12. The van der Waals surface area contributed by atoms with Crippen LogP contribution in [-0.2, 0) is 4.84 Å². The molecule has 20 heavy (non-hydrogen) atoms. The van der Waals surface area contributed by atoms with Crippen LogP contribution in [0, 0.1) is 51.8 Å². The molecule has 0 saturated carbocycles. The highest BCUT2D eigenvalue weighted by atomic mass is 17.0. The van der Waals surface area contributed by atoms with Crippen molar-refractivity contribution in [1.29, 1.82) is 5.26 Å². The zero-order valence-corrected chi connectivity index (χ0v) is 9.40.